The lowest BCUT2D eigenvalue weighted by Crippen LogP contribution is -1.87. The van der Waals surface area contributed by atoms with Crippen LogP contribution in [0.3, 0.4) is 0 Å². The normalized spacial score (nSPS) is 7.59. The van der Waals surface area contributed by atoms with Crippen molar-refractivity contribution >= 4 is 18.1 Å². The van der Waals surface area contributed by atoms with E-state index in [1.54, 1.807) is 6.07 Å². The Labute approximate surface area is 163 Å². The first-order chi connectivity index (χ1) is 13.0. The number of rotatable bonds is 3. The van der Waals surface area contributed by atoms with Gasteiger partial charge in [0.2, 0.25) is 0 Å². The predicted molar refractivity (Wildman–Crippen MR) is 116 cm³/mol. The number of carbonyl (C=O) groups excluding carboxylic acids is 1. The van der Waals surface area contributed by atoms with Gasteiger partial charge in [-0.05, 0) is 23.6 Å². The van der Waals surface area contributed by atoms with Gasteiger partial charge in [-0.25, -0.2) is 0 Å². The third-order valence-corrected chi connectivity index (χ3v) is 2.78. The number of aryl methyl sites for hydroxylation is 1. The topological polar surface area (TPSA) is 50.1 Å². The molecule has 140 valence electrons. The highest BCUT2D eigenvalue weighted by atomic mass is 16.5. The lowest BCUT2D eigenvalue weighted by Gasteiger charge is -1.95. The second kappa shape index (κ2) is 18.7. The van der Waals surface area contributed by atoms with Gasteiger partial charge >= 0.3 is 5.97 Å². The van der Waals surface area contributed by atoms with Crippen LogP contribution < -0.4 is 0 Å². The van der Waals surface area contributed by atoms with Gasteiger partial charge in [0, 0.05) is 13.0 Å². The Balaban J connectivity index is 0. The Bertz CT molecular complexity index is 740. The smallest absolute Gasteiger partial charge is 0.307 e. The molecule has 3 heteroatoms. The molecule has 2 aromatic carbocycles. The number of allylic oxidation sites excluding steroid dienone is 1. The molecule has 0 aliphatic carbocycles. The van der Waals surface area contributed by atoms with Crippen LogP contribution in [0.5, 0.6) is 0 Å². The highest BCUT2D eigenvalue weighted by Gasteiger charge is 1.86. The van der Waals surface area contributed by atoms with E-state index in [9.17, 15) is 4.79 Å². The van der Waals surface area contributed by atoms with Crippen LogP contribution in [-0.4, -0.2) is 5.97 Å². The maximum Gasteiger partial charge on any atom is 0.307 e. The van der Waals surface area contributed by atoms with Gasteiger partial charge in [0.05, 0.1) is 12.3 Å². The monoisotopic (exact) mass is 361 g/mol. The minimum Gasteiger partial charge on any atom is -0.435 e. The Hall–Kier alpha value is -3.64. The van der Waals surface area contributed by atoms with Gasteiger partial charge < -0.3 is 4.74 Å². The zero-order valence-corrected chi connectivity index (χ0v) is 16.1. The van der Waals surface area contributed by atoms with Gasteiger partial charge in [-0.15, -0.1) is 0 Å². The van der Waals surface area contributed by atoms with E-state index in [4.69, 9.17) is 5.26 Å². The van der Waals surface area contributed by atoms with Crippen LogP contribution in [0.15, 0.2) is 93.3 Å². The number of benzene rings is 2. The molecule has 0 radical (unpaired) electrons. The number of nitrogens with zero attached hydrogens (tertiary/aromatic N) is 1. The summed E-state index contributed by atoms with van der Waals surface area (Å²) in [7, 11) is 0. The minimum atomic E-state index is -0.329. The van der Waals surface area contributed by atoms with Crippen LogP contribution in [0.1, 0.15) is 23.6 Å². The van der Waals surface area contributed by atoms with E-state index < -0.39 is 0 Å². The number of hydrogen-bond acceptors (Lipinski definition) is 3. The molecule has 2 aromatic rings. The maximum absolute atomic E-state index is 9.75. The van der Waals surface area contributed by atoms with Crippen molar-refractivity contribution in [2.24, 2.45) is 0 Å². The molecule has 0 heterocycles. The summed E-state index contributed by atoms with van der Waals surface area (Å²) in [5, 5.41) is 7.51. The van der Waals surface area contributed by atoms with Gasteiger partial charge in [0.25, 0.3) is 0 Å². The highest BCUT2D eigenvalue weighted by Crippen LogP contribution is 2.06. The quantitative estimate of drug-likeness (QED) is 0.363. The van der Waals surface area contributed by atoms with Crippen molar-refractivity contribution in [2.45, 2.75) is 13.8 Å². The molecular formula is C24H27NO2. The van der Waals surface area contributed by atoms with Crippen LogP contribution in [0.4, 0.5) is 0 Å². The third-order valence-electron chi connectivity index (χ3n) is 2.78. The molecule has 27 heavy (non-hydrogen) atoms. The third kappa shape index (κ3) is 17.0. The molecule has 0 bridgehead atoms. The van der Waals surface area contributed by atoms with E-state index in [-0.39, 0.29) is 5.97 Å². The number of esters is 1. The first-order valence-corrected chi connectivity index (χ1v) is 8.10. The van der Waals surface area contributed by atoms with Crippen molar-refractivity contribution in [1.82, 2.24) is 0 Å². The average Bonchev–Trinajstić information content (AvgIpc) is 2.70. The number of ether oxygens (including phenoxy) is 1. The van der Waals surface area contributed by atoms with Crippen molar-refractivity contribution in [2.75, 3.05) is 0 Å². The Morgan fingerprint density at radius 2 is 1.48 bits per heavy atom. The van der Waals surface area contributed by atoms with Crippen molar-refractivity contribution in [1.29, 1.82) is 5.26 Å². The summed E-state index contributed by atoms with van der Waals surface area (Å²) in [4.78, 5) is 9.75. The first kappa shape index (κ1) is 25.6. The Morgan fingerprint density at radius 3 is 1.74 bits per heavy atom. The van der Waals surface area contributed by atoms with E-state index >= 15 is 0 Å². The molecule has 0 atom stereocenters. The van der Waals surface area contributed by atoms with Gasteiger partial charge in [-0.3, -0.25) is 4.79 Å². The molecule has 0 aromatic heterocycles. The molecule has 0 saturated heterocycles. The number of nitriles is 1. The molecule has 0 spiro atoms. The highest BCUT2D eigenvalue weighted by molar-refractivity contribution is 5.66. The molecule has 0 unspecified atom stereocenters. The Morgan fingerprint density at radius 1 is 0.963 bits per heavy atom. The van der Waals surface area contributed by atoms with Gasteiger partial charge in [-0.1, -0.05) is 93.1 Å². The lowest BCUT2D eigenvalue weighted by atomic mass is 10.1. The summed E-state index contributed by atoms with van der Waals surface area (Å²) in [6, 6.07) is 19.9. The van der Waals surface area contributed by atoms with Crippen LogP contribution in [0.25, 0.3) is 12.2 Å². The Kier molecular flexibility index (Phi) is 17.7. The summed E-state index contributed by atoms with van der Waals surface area (Å²) in [5.41, 5.74) is 3.68. The zero-order valence-electron chi connectivity index (χ0n) is 16.1. The minimum absolute atomic E-state index is 0.329. The summed E-state index contributed by atoms with van der Waals surface area (Å²) >= 11 is 0. The standard InChI is InChI=1S/C9H10.C8H8.C4H6O2.C3H3N/c1-3-9-7-5-4-6-8(9)2;1-2-8-6-4-3-5-7-8;1-3-6-4(2)5;1-2-3-4/h3-7H,1H2,2H3;2-7H,1H2;3H,1H2,2H3;2H,1H2. The van der Waals surface area contributed by atoms with Crippen molar-refractivity contribution in [3.63, 3.8) is 0 Å². The SMILES string of the molecule is C=CC#N.C=COC(C)=O.C=Cc1ccccc1.C=Cc1ccccc1C. The van der Waals surface area contributed by atoms with Crippen molar-refractivity contribution in [3.8, 4) is 6.07 Å². The predicted octanol–water partition coefficient (Wildman–Crippen LogP) is 6.36. The largest absolute Gasteiger partial charge is 0.435 e. The molecular weight excluding hydrogens is 334 g/mol. The van der Waals surface area contributed by atoms with Crippen LogP contribution in [-0.2, 0) is 9.53 Å². The molecule has 0 saturated carbocycles. The fraction of sp³-hybridized carbons (Fsp3) is 0.0833. The lowest BCUT2D eigenvalue weighted by molar-refractivity contribution is -0.135. The fourth-order valence-corrected chi connectivity index (χ4v) is 1.52. The summed E-state index contributed by atoms with van der Waals surface area (Å²) in [5.74, 6) is -0.329. The van der Waals surface area contributed by atoms with Crippen molar-refractivity contribution < 1.29 is 9.53 Å². The average molecular weight is 361 g/mol. The van der Waals surface area contributed by atoms with Gasteiger partial charge in [-0.2, -0.15) is 5.26 Å². The number of carbonyl (C=O) groups is 1. The molecule has 0 N–H and O–H groups in total. The van der Waals surface area contributed by atoms with Crippen LogP contribution >= 0.6 is 0 Å². The summed E-state index contributed by atoms with van der Waals surface area (Å²) < 4.78 is 4.17. The molecule has 0 amide bonds. The fourth-order valence-electron chi connectivity index (χ4n) is 1.52. The van der Waals surface area contributed by atoms with E-state index in [1.165, 1.54) is 29.7 Å². The second-order valence-corrected chi connectivity index (χ2v) is 4.78. The van der Waals surface area contributed by atoms with Crippen molar-refractivity contribution in [3.05, 3.63) is 110 Å². The molecule has 0 fully saturated rings. The van der Waals surface area contributed by atoms with E-state index in [2.05, 4.69) is 50.1 Å². The molecule has 2 rings (SSSR count). The van der Waals surface area contributed by atoms with Gasteiger partial charge in [0.15, 0.2) is 0 Å². The molecule has 0 aliphatic rings. The van der Waals surface area contributed by atoms with Gasteiger partial charge in [0.1, 0.15) is 0 Å². The molecule has 0 aliphatic heterocycles. The summed E-state index contributed by atoms with van der Waals surface area (Å²) in [6.07, 6.45) is 5.98. The maximum atomic E-state index is 9.75. The zero-order chi connectivity index (χ0) is 20.9. The van der Waals surface area contributed by atoms with E-state index in [0.717, 1.165) is 6.26 Å². The van der Waals surface area contributed by atoms with Crippen LogP contribution in [0.2, 0.25) is 0 Å². The molecule has 3 nitrogen and oxygen atoms in total. The first-order valence-electron chi connectivity index (χ1n) is 8.10. The second-order valence-electron chi connectivity index (χ2n) is 4.78. The van der Waals surface area contributed by atoms with E-state index in [0.29, 0.717) is 0 Å². The number of hydrogen-bond donors (Lipinski definition) is 0. The van der Waals surface area contributed by atoms with Crippen LogP contribution in [0, 0.1) is 18.3 Å². The summed E-state index contributed by atoms with van der Waals surface area (Å²) in [6.45, 7) is 17.0. The van der Waals surface area contributed by atoms with E-state index in [1.807, 2.05) is 54.6 Å².